The van der Waals surface area contributed by atoms with Crippen molar-refractivity contribution in [1.29, 1.82) is 0 Å². The number of pyridine rings is 1. The van der Waals surface area contributed by atoms with Crippen LogP contribution in [-0.2, 0) is 11.2 Å². The highest BCUT2D eigenvalue weighted by molar-refractivity contribution is 5.90. The third kappa shape index (κ3) is 3.94. The van der Waals surface area contributed by atoms with Crippen molar-refractivity contribution < 1.29 is 9.18 Å². The van der Waals surface area contributed by atoms with Crippen LogP contribution < -0.4 is 10.9 Å². The summed E-state index contributed by atoms with van der Waals surface area (Å²) >= 11 is 0. The molecule has 25 heavy (non-hydrogen) atoms. The molecule has 1 amide bonds. The molecule has 0 fully saturated rings. The molecule has 0 saturated carbocycles. The summed E-state index contributed by atoms with van der Waals surface area (Å²) in [7, 11) is 0. The van der Waals surface area contributed by atoms with Crippen LogP contribution in [0.3, 0.4) is 0 Å². The molecular formula is C20H19FN2O2. The first-order chi connectivity index (χ1) is 11.9. The Hall–Kier alpha value is -2.95. The van der Waals surface area contributed by atoms with Crippen LogP contribution in [0.5, 0.6) is 0 Å². The second-order valence-corrected chi connectivity index (χ2v) is 6.21. The summed E-state index contributed by atoms with van der Waals surface area (Å²) in [5, 5.41) is 3.58. The number of aromatic amines is 1. The Kier molecular flexibility index (Phi) is 4.65. The summed E-state index contributed by atoms with van der Waals surface area (Å²) < 4.78 is 13.1. The maximum absolute atomic E-state index is 13.1. The predicted octanol–water partition coefficient (Wildman–Crippen LogP) is 3.86. The van der Waals surface area contributed by atoms with E-state index < -0.39 is 5.82 Å². The monoisotopic (exact) mass is 338 g/mol. The van der Waals surface area contributed by atoms with Crippen LogP contribution in [0.1, 0.15) is 23.1 Å². The summed E-state index contributed by atoms with van der Waals surface area (Å²) in [6, 6.07) is 11.5. The van der Waals surface area contributed by atoms with Gasteiger partial charge in [0.05, 0.1) is 0 Å². The lowest BCUT2D eigenvalue weighted by atomic mass is 10.0. The van der Waals surface area contributed by atoms with E-state index in [2.05, 4.69) is 10.3 Å². The smallest absolute Gasteiger partial charge is 0.251 e. The van der Waals surface area contributed by atoms with Crippen LogP contribution in [0.15, 0.2) is 47.3 Å². The lowest BCUT2D eigenvalue weighted by Crippen LogP contribution is -2.17. The van der Waals surface area contributed by atoms with Crippen LogP contribution in [0.25, 0.3) is 10.9 Å². The number of benzene rings is 2. The van der Waals surface area contributed by atoms with Gasteiger partial charge in [-0.3, -0.25) is 9.59 Å². The summed E-state index contributed by atoms with van der Waals surface area (Å²) in [6.45, 7) is 4.02. The van der Waals surface area contributed by atoms with Gasteiger partial charge in [0.25, 0.3) is 5.56 Å². The van der Waals surface area contributed by atoms with Gasteiger partial charge in [-0.1, -0.05) is 6.07 Å². The Balaban J connectivity index is 1.74. The van der Waals surface area contributed by atoms with Gasteiger partial charge in [-0.05, 0) is 73.2 Å². The molecule has 0 spiro atoms. The highest BCUT2D eigenvalue weighted by atomic mass is 19.1. The van der Waals surface area contributed by atoms with Gasteiger partial charge in [-0.25, -0.2) is 4.39 Å². The van der Waals surface area contributed by atoms with Crippen molar-refractivity contribution in [3.05, 3.63) is 75.3 Å². The van der Waals surface area contributed by atoms with Crippen LogP contribution in [0, 0.1) is 19.7 Å². The fraction of sp³-hybridized carbons (Fsp3) is 0.200. The van der Waals surface area contributed by atoms with E-state index in [4.69, 9.17) is 0 Å². The van der Waals surface area contributed by atoms with Crippen molar-refractivity contribution in [3.8, 4) is 0 Å². The van der Waals surface area contributed by atoms with Crippen LogP contribution in [0.2, 0.25) is 0 Å². The largest absolute Gasteiger partial charge is 0.326 e. The van der Waals surface area contributed by atoms with E-state index in [0.717, 1.165) is 22.0 Å². The number of aryl methyl sites for hydroxylation is 3. The number of carbonyl (C=O) groups excluding carboxylic acids is 1. The van der Waals surface area contributed by atoms with Gasteiger partial charge in [0.2, 0.25) is 5.91 Å². The Bertz CT molecular complexity index is 1010. The first-order valence-corrected chi connectivity index (χ1v) is 8.11. The zero-order chi connectivity index (χ0) is 18.0. The lowest BCUT2D eigenvalue weighted by molar-refractivity contribution is -0.116. The van der Waals surface area contributed by atoms with E-state index in [9.17, 15) is 14.0 Å². The summed E-state index contributed by atoms with van der Waals surface area (Å²) in [5.41, 5.74) is 3.84. The Morgan fingerprint density at radius 1 is 1.12 bits per heavy atom. The molecule has 4 nitrogen and oxygen atoms in total. The predicted molar refractivity (Wildman–Crippen MR) is 97.4 cm³/mol. The van der Waals surface area contributed by atoms with Gasteiger partial charge in [-0.15, -0.1) is 0 Å². The minimum Gasteiger partial charge on any atom is -0.326 e. The second-order valence-electron chi connectivity index (χ2n) is 6.21. The minimum atomic E-state index is -0.408. The SMILES string of the molecule is Cc1cc2cc(CCC(=O)Nc3cccc(F)c3)c(=O)[nH]c2cc1C. The molecule has 3 rings (SSSR count). The number of amides is 1. The van der Waals surface area contributed by atoms with Crippen molar-refractivity contribution in [1.82, 2.24) is 4.98 Å². The Labute approximate surface area is 144 Å². The number of nitrogens with one attached hydrogen (secondary N) is 2. The molecule has 3 aromatic rings. The third-order valence-corrected chi connectivity index (χ3v) is 4.27. The number of aromatic nitrogens is 1. The Morgan fingerprint density at radius 2 is 1.88 bits per heavy atom. The van der Waals surface area contributed by atoms with Crippen molar-refractivity contribution in [3.63, 3.8) is 0 Å². The second kappa shape index (κ2) is 6.89. The van der Waals surface area contributed by atoms with Crippen molar-refractivity contribution in [2.24, 2.45) is 0 Å². The molecular weight excluding hydrogens is 319 g/mol. The topological polar surface area (TPSA) is 62.0 Å². The molecule has 0 bridgehead atoms. The number of anilines is 1. The number of carbonyl (C=O) groups is 1. The van der Waals surface area contributed by atoms with E-state index in [0.29, 0.717) is 17.7 Å². The molecule has 5 heteroatoms. The molecule has 0 aliphatic rings. The summed E-state index contributed by atoms with van der Waals surface area (Å²) in [5.74, 6) is -0.667. The zero-order valence-electron chi connectivity index (χ0n) is 14.2. The number of H-pyrrole nitrogens is 1. The molecule has 0 atom stereocenters. The maximum Gasteiger partial charge on any atom is 0.251 e. The van der Waals surface area contributed by atoms with Crippen molar-refractivity contribution in [2.45, 2.75) is 26.7 Å². The van der Waals surface area contributed by atoms with Gasteiger partial charge in [-0.2, -0.15) is 0 Å². The molecule has 2 aromatic carbocycles. The molecule has 0 saturated heterocycles. The van der Waals surface area contributed by atoms with E-state index in [1.807, 2.05) is 32.0 Å². The summed E-state index contributed by atoms with van der Waals surface area (Å²) in [6.07, 6.45) is 0.468. The number of rotatable bonds is 4. The standard InChI is InChI=1S/C20H19FN2O2/c1-12-8-15-10-14(20(25)23-18(15)9-13(12)2)6-7-19(24)22-17-5-3-4-16(21)11-17/h3-5,8-11H,6-7H2,1-2H3,(H,22,24)(H,23,25). The average molecular weight is 338 g/mol. The van der Waals surface area contributed by atoms with E-state index in [-0.39, 0.29) is 17.9 Å². The minimum absolute atomic E-state index is 0.149. The van der Waals surface area contributed by atoms with Crippen LogP contribution in [-0.4, -0.2) is 10.9 Å². The third-order valence-electron chi connectivity index (χ3n) is 4.27. The highest BCUT2D eigenvalue weighted by Crippen LogP contribution is 2.18. The molecule has 0 radical (unpaired) electrons. The van der Waals surface area contributed by atoms with E-state index in [1.165, 1.54) is 18.2 Å². The van der Waals surface area contributed by atoms with Crippen molar-refractivity contribution in [2.75, 3.05) is 5.32 Å². The van der Waals surface area contributed by atoms with Gasteiger partial charge < -0.3 is 10.3 Å². The fourth-order valence-corrected chi connectivity index (χ4v) is 2.75. The molecule has 1 aromatic heterocycles. The van der Waals surface area contributed by atoms with Gasteiger partial charge >= 0.3 is 0 Å². The molecule has 0 unspecified atom stereocenters. The Morgan fingerprint density at radius 3 is 2.64 bits per heavy atom. The van der Waals surface area contributed by atoms with Crippen molar-refractivity contribution >= 4 is 22.5 Å². The highest BCUT2D eigenvalue weighted by Gasteiger charge is 2.08. The van der Waals surface area contributed by atoms with E-state index >= 15 is 0 Å². The molecule has 0 aliphatic heterocycles. The van der Waals surface area contributed by atoms with E-state index in [1.54, 1.807) is 6.07 Å². The number of halogens is 1. The normalized spacial score (nSPS) is 10.8. The first kappa shape index (κ1) is 16.9. The molecule has 128 valence electrons. The molecule has 0 aliphatic carbocycles. The number of hydrogen-bond acceptors (Lipinski definition) is 2. The number of fused-ring (bicyclic) bond motifs is 1. The van der Waals surface area contributed by atoms with Gasteiger partial charge in [0.15, 0.2) is 0 Å². The van der Waals surface area contributed by atoms with Gasteiger partial charge in [0, 0.05) is 23.2 Å². The maximum atomic E-state index is 13.1. The summed E-state index contributed by atoms with van der Waals surface area (Å²) in [4.78, 5) is 27.1. The zero-order valence-corrected chi connectivity index (χ0v) is 14.2. The van der Waals surface area contributed by atoms with Gasteiger partial charge in [0.1, 0.15) is 5.82 Å². The lowest BCUT2D eigenvalue weighted by Gasteiger charge is -2.07. The molecule has 1 heterocycles. The average Bonchev–Trinajstić information content (AvgIpc) is 2.55. The molecule has 2 N–H and O–H groups in total. The van der Waals surface area contributed by atoms with Crippen LogP contribution >= 0.6 is 0 Å². The first-order valence-electron chi connectivity index (χ1n) is 8.11. The fourth-order valence-electron chi connectivity index (χ4n) is 2.75. The number of hydrogen-bond donors (Lipinski definition) is 2. The quantitative estimate of drug-likeness (QED) is 0.759. The van der Waals surface area contributed by atoms with Crippen LogP contribution in [0.4, 0.5) is 10.1 Å².